The van der Waals surface area contributed by atoms with Crippen molar-refractivity contribution in [1.82, 2.24) is 5.32 Å². The lowest BCUT2D eigenvalue weighted by molar-refractivity contribution is 0.310. The highest BCUT2D eigenvalue weighted by molar-refractivity contribution is 5.36. The van der Waals surface area contributed by atoms with Crippen LogP contribution in [-0.2, 0) is 0 Å². The summed E-state index contributed by atoms with van der Waals surface area (Å²) in [7, 11) is 0. The lowest BCUT2D eigenvalue weighted by Gasteiger charge is -2.27. The minimum atomic E-state index is 0.448. The zero-order chi connectivity index (χ0) is 15.1. The number of rotatable bonds is 8. The molecule has 2 rings (SSSR count). The molecule has 2 heteroatoms. The molecule has 21 heavy (non-hydrogen) atoms. The van der Waals surface area contributed by atoms with Crippen LogP contribution in [0.3, 0.4) is 0 Å². The second-order valence-corrected chi connectivity index (χ2v) is 6.25. The van der Waals surface area contributed by atoms with E-state index in [2.05, 4.69) is 50.4 Å². The fourth-order valence-corrected chi connectivity index (χ4v) is 3.64. The van der Waals surface area contributed by atoms with Crippen molar-refractivity contribution in [3.05, 3.63) is 29.8 Å². The topological polar surface area (TPSA) is 21.3 Å². The van der Waals surface area contributed by atoms with Gasteiger partial charge in [-0.05, 0) is 50.6 Å². The van der Waals surface area contributed by atoms with Crippen molar-refractivity contribution in [2.24, 2.45) is 11.8 Å². The van der Waals surface area contributed by atoms with Crippen LogP contribution in [0.1, 0.15) is 64.5 Å². The maximum Gasteiger partial charge on any atom is 0.124 e. The Bertz CT molecular complexity index is 418. The van der Waals surface area contributed by atoms with E-state index in [0.717, 1.165) is 30.7 Å². The third-order valence-electron chi connectivity index (χ3n) is 4.80. The summed E-state index contributed by atoms with van der Waals surface area (Å²) in [6.45, 7) is 8.45. The summed E-state index contributed by atoms with van der Waals surface area (Å²) in [4.78, 5) is 0. The molecule has 0 amide bonds. The lowest BCUT2D eigenvalue weighted by Crippen LogP contribution is -2.28. The average molecular weight is 289 g/mol. The number of hydrogen-bond donors (Lipinski definition) is 1. The van der Waals surface area contributed by atoms with Crippen molar-refractivity contribution >= 4 is 0 Å². The van der Waals surface area contributed by atoms with E-state index in [4.69, 9.17) is 4.74 Å². The largest absolute Gasteiger partial charge is 0.494 e. The van der Waals surface area contributed by atoms with Gasteiger partial charge >= 0.3 is 0 Å². The zero-order valence-electron chi connectivity index (χ0n) is 13.9. The van der Waals surface area contributed by atoms with Gasteiger partial charge in [-0.25, -0.2) is 0 Å². The molecule has 0 heterocycles. The Hall–Kier alpha value is -1.02. The molecule has 0 aromatic heterocycles. The molecule has 1 fully saturated rings. The highest BCUT2D eigenvalue weighted by Gasteiger charge is 2.31. The number of ether oxygens (including phenoxy) is 1. The smallest absolute Gasteiger partial charge is 0.124 e. The normalized spacial score (nSPS) is 23.2. The van der Waals surface area contributed by atoms with Crippen LogP contribution in [0, 0.1) is 11.8 Å². The molecule has 0 spiro atoms. The molecule has 1 saturated carbocycles. The summed E-state index contributed by atoms with van der Waals surface area (Å²) in [5, 5.41) is 3.79. The predicted molar refractivity (Wildman–Crippen MR) is 89.8 cm³/mol. The van der Waals surface area contributed by atoms with E-state index in [1.54, 1.807) is 0 Å². The first kappa shape index (κ1) is 16.4. The van der Waals surface area contributed by atoms with Gasteiger partial charge in [0.15, 0.2) is 0 Å². The van der Waals surface area contributed by atoms with Gasteiger partial charge in [-0.2, -0.15) is 0 Å². The van der Waals surface area contributed by atoms with E-state index >= 15 is 0 Å². The molecule has 1 aromatic rings. The molecule has 1 aromatic carbocycles. The first-order valence-electron chi connectivity index (χ1n) is 8.75. The van der Waals surface area contributed by atoms with E-state index in [1.807, 2.05) is 0 Å². The van der Waals surface area contributed by atoms with Crippen LogP contribution in [0.25, 0.3) is 0 Å². The average Bonchev–Trinajstić information content (AvgIpc) is 2.98. The van der Waals surface area contributed by atoms with E-state index in [9.17, 15) is 0 Å². The third-order valence-corrected chi connectivity index (χ3v) is 4.80. The van der Waals surface area contributed by atoms with Gasteiger partial charge in [0.25, 0.3) is 0 Å². The van der Waals surface area contributed by atoms with Crippen LogP contribution in [0.15, 0.2) is 24.3 Å². The molecule has 0 saturated heterocycles. The Kier molecular flexibility index (Phi) is 6.56. The van der Waals surface area contributed by atoms with E-state index in [1.165, 1.54) is 37.7 Å². The monoisotopic (exact) mass is 289 g/mol. The Morgan fingerprint density at radius 1 is 1.19 bits per heavy atom. The number of nitrogens with one attached hydrogen (secondary N) is 1. The van der Waals surface area contributed by atoms with Crippen LogP contribution >= 0.6 is 0 Å². The molecule has 0 aliphatic heterocycles. The summed E-state index contributed by atoms with van der Waals surface area (Å²) in [5.41, 5.74) is 1.36. The van der Waals surface area contributed by atoms with Crippen molar-refractivity contribution in [2.45, 2.75) is 58.9 Å². The Morgan fingerprint density at radius 2 is 2.00 bits per heavy atom. The van der Waals surface area contributed by atoms with E-state index < -0.39 is 0 Å². The fraction of sp³-hybridized carbons (Fsp3) is 0.684. The van der Waals surface area contributed by atoms with Crippen LogP contribution in [0.2, 0.25) is 0 Å². The van der Waals surface area contributed by atoms with Gasteiger partial charge < -0.3 is 10.1 Å². The van der Waals surface area contributed by atoms with E-state index in [0.29, 0.717) is 6.04 Å². The molecule has 2 nitrogen and oxygen atoms in total. The van der Waals surface area contributed by atoms with Crippen molar-refractivity contribution < 1.29 is 4.74 Å². The molecule has 1 N–H and O–H groups in total. The Balaban J connectivity index is 2.19. The maximum atomic E-state index is 5.87. The van der Waals surface area contributed by atoms with E-state index in [-0.39, 0.29) is 0 Å². The number of benzene rings is 1. The highest BCUT2D eigenvalue weighted by atomic mass is 16.5. The van der Waals surface area contributed by atoms with Gasteiger partial charge in [0.2, 0.25) is 0 Å². The van der Waals surface area contributed by atoms with Gasteiger partial charge in [0, 0.05) is 11.6 Å². The molecule has 1 aliphatic carbocycles. The zero-order valence-corrected chi connectivity index (χ0v) is 13.9. The van der Waals surface area contributed by atoms with Gasteiger partial charge in [0.05, 0.1) is 6.61 Å². The Morgan fingerprint density at radius 3 is 2.67 bits per heavy atom. The van der Waals surface area contributed by atoms with Gasteiger partial charge in [-0.1, -0.05) is 44.9 Å². The standard InChI is InChI=1S/C19H31NO/c1-4-13-20-19(16-12-11-15(5-2)14-16)17-9-7-8-10-18(17)21-6-3/h7-10,15-16,19-20H,4-6,11-14H2,1-3H3. The van der Waals surface area contributed by atoms with Gasteiger partial charge in [-0.15, -0.1) is 0 Å². The third kappa shape index (κ3) is 4.23. The Labute approximate surface area is 130 Å². The molecule has 3 unspecified atom stereocenters. The van der Waals surface area contributed by atoms with Gasteiger partial charge in [0.1, 0.15) is 5.75 Å². The van der Waals surface area contributed by atoms with Crippen LogP contribution in [-0.4, -0.2) is 13.2 Å². The quantitative estimate of drug-likeness (QED) is 0.731. The van der Waals surface area contributed by atoms with Crippen LogP contribution < -0.4 is 10.1 Å². The molecule has 118 valence electrons. The van der Waals surface area contributed by atoms with Crippen molar-refractivity contribution in [3.63, 3.8) is 0 Å². The second kappa shape index (κ2) is 8.43. The lowest BCUT2D eigenvalue weighted by atomic mass is 9.89. The van der Waals surface area contributed by atoms with Gasteiger partial charge in [-0.3, -0.25) is 0 Å². The fourth-order valence-electron chi connectivity index (χ4n) is 3.64. The maximum absolute atomic E-state index is 5.87. The summed E-state index contributed by atoms with van der Waals surface area (Å²) >= 11 is 0. The molecule has 3 atom stereocenters. The molecule has 0 radical (unpaired) electrons. The predicted octanol–water partition coefficient (Wildman–Crippen LogP) is 4.95. The first-order valence-corrected chi connectivity index (χ1v) is 8.75. The summed E-state index contributed by atoms with van der Waals surface area (Å²) < 4.78 is 5.87. The minimum absolute atomic E-state index is 0.448. The molecular weight excluding hydrogens is 258 g/mol. The highest BCUT2D eigenvalue weighted by Crippen LogP contribution is 2.42. The van der Waals surface area contributed by atoms with Crippen LogP contribution in [0.4, 0.5) is 0 Å². The minimum Gasteiger partial charge on any atom is -0.494 e. The molecular formula is C19H31NO. The van der Waals surface area contributed by atoms with Crippen molar-refractivity contribution in [3.8, 4) is 5.75 Å². The summed E-state index contributed by atoms with van der Waals surface area (Å²) in [6, 6.07) is 9.03. The summed E-state index contributed by atoms with van der Waals surface area (Å²) in [5.74, 6) is 2.73. The van der Waals surface area contributed by atoms with Crippen molar-refractivity contribution in [2.75, 3.05) is 13.2 Å². The number of para-hydroxylation sites is 1. The first-order chi connectivity index (χ1) is 10.3. The second-order valence-electron chi connectivity index (χ2n) is 6.25. The van der Waals surface area contributed by atoms with Crippen molar-refractivity contribution in [1.29, 1.82) is 0 Å². The van der Waals surface area contributed by atoms with Crippen LogP contribution in [0.5, 0.6) is 5.75 Å². The molecule has 1 aliphatic rings. The SMILES string of the molecule is CCCNC(c1ccccc1OCC)C1CCC(CC)C1. The summed E-state index contributed by atoms with van der Waals surface area (Å²) in [6.07, 6.45) is 6.60. The number of hydrogen-bond acceptors (Lipinski definition) is 2. The molecule has 0 bridgehead atoms.